The molecule has 1 aromatic carbocycles. The van der Waals surface area contributed by atoms with Gasteiger partial charge in [0.25, 0.3) is 5.91 Å². The van der Waals surface area contributed by atoms with Crippen LogP contribution in [0.25, 0.3) is 0 Å². The van der Waals surface area contributed by atoms with Crippen LogP contribution in [-0.2, 0) is 6.42 Å². The van der Waals surface area contributed by atoms with Crippen molar-refractivity contribution in [3.63, 3.8) is 0 Å². The lowest BCUT2D eigenvalue weighted by Gasteiger charge is -2.23. The van der Waals surface area contributed by atoms with E-state index in [0.29, 0.717) is 29.1 Å². The number of hydrogen-bond acceptors (Lipinski definition) is 5. The van der Waals surface area contributed by atoms with Crippen molar-refractivity contribution in [1.29, 1.82) is 0 Å². The minimum atomic E-state index is -0.441. The molecular formula is C19H14ClN3O3. The van der Waals surface area contributed by atoms with Crippen molar-refractivity contribution in [3.05, 3.63) is 76.5 Å². The van der Waals surface area contributed by atoms with Crippen LogP contribution in [0.1, 0.15) is 44.5 Å². The molecule has 0 saturated heterocycles. The summed E-state index contributed by atoms with van der Waals surface area (Å²) in [6, 6.07) is 10.7. The van der Waals surface area contributed by atoms with Crippen molar-refractivity contribution in [2.24, 2.45) is 0 Å². The zero-order valence-electron chi connectivity index (χ0n) is 13.6. The number of benzene rings is 1. The standard InChI is InChI=1S/C19H14ClN3O3/c20-13-4-1-3-11(7-13)12-8-15-14(16(24)9-12)10-21-19(22-15)23-18(25)17-5-2-6-26-17/h1-7,10,12H,8-9H2,(H,21,22,23,25)/t12-/m1/s1. The average Bonchev–Trinajstić information content (AvgIpc) is 3.16. The Hall–Kier alpha value is -2.99. The Morgan fingerprint density at radius 2 is 2.12 bits per heavy atom. The normalized spacial score (nSPS) is 16.2. The van der Waals surface area contributed by atoms with Crippen LogP contribution in [-0.4, -0.2) is 21.7 Å². The molecule has 0 fully saturated rings. The number of nitrogens with zero attached hydrogens (tertiary/aromatic N) is 2. The number of carbonyl (C=O) groups excluding carboxylic acids is 2. The van der Waals surface area contributed by atoms with Crippen molar-refractivity contribution in [2.75, 3.05) is 5.32 Å². The van der Waals surface area contributed by atoms with E-state index in [1.54, 1.807) is 18.2 Å². The monoisotopic (exact) mass is 367 g/mol. The lowest BCUT2D eigenvalue weighted by atomic mass is 9.82. The molecule has 4 rings (SSSR count). The fourth-order valence-electron chi connectivity index (χ4n) is 3.07. The Kier molecular flexibility index (Phi) is 4.26. The van der Waals surface area contributed by atoms with Gasteiger partial charge in [0.05, 0.1) is 17.5 Å². The highest BCUT2D eigenvalue weighted by Gasteiger charge is 2.28. The topological polar surface area (TPSA) is 85.1 Å². The van der Waals surface area contributed by atoms with E-state index >= 15 is 0 Å². The molecule has 1 aliphatic carbocycles. The predicted molar refractivity (Wildman–Crippen MR) is 95.5 cm³/mol. The molecule has 26 heavy (non-hydrogen) atoms. The van der Waals surface area contributed by atoms with E-state index < -0.39 is 5.91 Å². The van der Waals surface area contributed by atoms with E-state index in [2.05, 4.69) is 15.3 Å². The summed E-state index contributed by atoms with van der Waals surface area (Å²) >= 11 is 6.07. The Morgan fingerprint density at radius 1 is 1.23 bits per heavy atom. The summed E-state index contributed by atoms with van der Waals surface area (Å²) in [5.41, 5.74) is 2.12. The number of furan rings is 1. The van der Waals surface area contributed by atoms with E-state index in [1.165, 1.54) is 12.5 Å². The molecule has 3 aromatic rings. The molecule has 0 spiro atoms. The predicted octanol–water partition coefficient (Wildman–Crippen LogP) is 3.89. The Balaban J connectivity index is 1.59. The van der Waals surface area contributed by atoms with E-state index in [9.17, 15) is 9.59 Å². The number of ketones is 1. The molecule has 0 unspecified atom stereocenters. The summed E-state index contributed by atoms with van der Waals surface area (Å²) in [7, 11) is 0. The summed E-state index contributed by atoms with van der Waals surface area (Å²) < 4.78 is 5.05. The highest BCUT2D eigenvalue weighted by molar-refractivity contribution is 6.30. The highest BCUT2D eigenvalue weighted by Crippen LogP contribution is 2.32. The lowest BCUT2D eigenvalue weighted by Crippen LogP contribution is -2.22. The van der Waals surface area contributed by atoms with Crippen LogP contribution >= 0.6 is 11.6 Å². The van der Waals surface area contributed by atoms with Gasteiger partial charge in [-0.2, -0.15) is 0 Å². The fourth-order valence-corrected chi connectivity index (χ4v) is 3.27. The summed E-state index contributed by atoms with van der Waals surface area (Å²) in [6.45, 7) is 0. The largest absolute Gasteiger partial charge is 0.459 e. The first-order valence-corrected chi connectivity index (χ1v) is 8.47. The molecule has 1 atom stereocenters. The third kappa shape index (κ3) is 3.23. The molecule has 130 valence electrons. The molecule has 0 aliphatic heterocycles. The molecule has 0 radical (unpaired) electrons. The van der Waals surface area contributed by atoms with Crippen LogP contribution in [0.15, 0.2) is 53.3 Å². The minimum Gasteiger partial charge on any atom is -0.459 e. The number of halogens is 1. The summed E-state index contributed by atoms with van der Waals surface area (Å²) in [4.78, 5) is 33.0. The average molecular weight is 368 g/mol. The molecular weight excluding hydrogens is 354 g/mol. The second-order valence-electron chi connectivity index (χ2n) is 6.07. The zero-order valence-corrected chi connectivity index (χ0v) is 14.4. The van der Waals surface area contributed by atoms with Crippen molar-refractivity contribution >= 4 is 29.2 Å². The van der Waals surface area contributed by atoms with E-state index in [0.717, 1.165) is 5.56 Å². The quantitative estimate of drug-likeness (QED) is 0.759. The van der Waals surface area contributed by atoms with Gasteiger partial charge in [0.2, 0.25) is 5.95 Å². The number of fused-ring (bicyclic) bond motifs is 1. The molecule has 1 aliphatic rings. The van der Waals surface area contributed by atoms with Crippen LogP contribution in [0.2, 0.25) is 5.02 Å². The van der Waals surface area contributed by atoms with Gasteiger partial charge in [0, 0.05) is 17.6 Å². The molecule has 2 aromatic heterocycles. The maximum Gasteiger partial charge on any atom is 0.293 e. The Labute approximate surface area is 154 Å². The SMILES string of the molecule is O=C(Nc1ncc2c(n1)C[C@@H](c1cccc(Cl)c1)CC2=O)c1ccco1. The number of carbonyl (C=O) groups is 2. The number of amides is 1. The van der Waals surface area contributed by atoms with Crippen molar-refractivity contribution < 1.29 is 14.0 Å². The number of aromatic nitrogens is 2. The van der Waals surface area contributed by atoms with Gasteiger partial charge in [-0.05, 0) is 42.2 Å². The summed E-state index contributed by atoms with van der Waals surface area (Å²) in [5.74, 6) is -0.148. The summed E-state index contributed by atoms with van der Waals surface area (Å²) in [6.07, 6.45) is 3.84. The van der Waals surface area contributed by atoms with E-state index in [1.807, 2.05) is 18.2 Å². The van der Waals surface area contributed by atoms with Gasteiger partial charge in [-0.1, -0.05) is 23.7 Å². The molecule has 1 N–H and O–H groups in total. The van der Waals surface area contributed by atoms with Gasteiger partial charge >= 0.3 is 0 Å². The first-order chi connectivity index (χ1) is 12.6. The van der Waals surface area contributed by atoms with Gasteiger partial charge in [-0.25, -0.2) is 9.97 Å². The number of hydrogen-bond donors (Lipinski definition) is 1. The number of anilines is 1. The zero-order chi connectivity index (χ0) is 18.1. The van der Waals surface area contributed by atoms with Crippen LogP contribution < -0.4 is 5.32 Å². The van der Waals surface area contributed by atoms with Gasteiger partial charge in [0.1, 0.15) is 0 Å². The second kappa shape index (κ2) is 6.72. The van der Waals surface area contributed by atoms with E-state index in [4.69, 9.17) is 16.0 Å². The third-order valence-electron chi connectivity index (χ3n) is 4.33. The van der Waals surface area contributed by atoms with Crippen LogP contribution in [0.4, 0.5) is 5.95 Å². The fraction of sp³-hybridized carbons (Fsp3) is 0.158. The van der Waals surface area contributed by atoms with E-state index in [-0.39, 0.29) is 23.4 Å². The van der Waals surface area contributed by atoms with Crippen molar-refractivity contribution in [2.45, 2.75) is 18.8 Å². The summed E-state index contributed by atoms with van der Waals surface area (Å²) in [5, 5.41) is 3.22. The lowest BCUT2D eigenvalue weighted by molar-refractivity contribution is 0.0962. The minimum absolute atomic E-state index is 0.00257. The highest BCUT2D eigenvalue weighted by atomic mass is 35.5. The van der Waals surface area contributed by atoms with Gasteiger partial charge < -0.3 is 4.42 Å². The Morgan fingerprint density at radius 3 is 2.88 bits per heavy atom. The van der Waals surface area contributed by atoms with Crippen LogP contribution in [0.3, 0.4) is 0 Å². The van der Waals surface area contributed by atoms with Gasteiger partial charge in [0.15, 0.2) is 11.5 Å². The maximum atomic E-state index is 12.5. The second-order valence-corrected chi connectivity index (χ2v) is 6.51. The molecule has 0 saturated carbocycles. The van der Waals surface area contributed by atoms with Gasteiger partial charge in [-0.3, -0.25) is 14.9 Å². The number of rotatable bonds is 3. The Bertz CT molecular complexity index is 985. The molecule has 1 amide bonds. The number of nitrogens with one attached hydrogen (secondary N) is 1. The first-order valence-electron chi connectivity index (χ1n) is 8.09. The smallest absolute Gasteiger partial charge is 0.293 e. The van der Waals surface area contributed by atoms with Crippen LogP contribution in [0, 0.1) is 0 Å². The van der Waals surface area contributed by atoms with Crippen molar-refractivity contribution in [1.82, 2.24) is 9.97 Å². The maximum absolute atomic E-state index is 12.5. The third-order valence-corrected chi connectivity index (χ3v) is 4.57. The molecule has 0 bridgehead atoms. The number of Topliss-reactive ketones (excluding diaryl/α,β-unsaturated/α-hetero) is 1. The van der Waals surface area contributed by atoms with Gasteiger partial charge in [-0.15, -0.1) is 0 Å². The molecule has 2 heterocycles. The van der Waals surface area contributed by atoms with Crippen molar-refractivity contribution in [3.8, 4) is 0 Å². The first kappa shape index (κ1) is 16.5. The molecule has 6 nitrogen and oxygen atoms in total. The van der Waals surface area contributed by atoms with Crippen LogP contribution in [0.5, 0.6) is 0 Å². The molecule has 7 heteroatoms.